The summed E-state index contributed by atoms with van der Waals surface area (Å²) in [5.41, 5.74) is 3.40. The van der Waals surface area contributed by atoms with Crippen molar-refractivity contribution in [3.05, 3.63) is 54.4 Å². The quantitative estimate of drug-likeness (QED) is 0.750. The lowest BCUT2D eigenvalue weighted by molar-refractivity contribution is 0.398. The number of H-pyrrole nitrogens is 1. The predicted molar refractivity (Wildman–Crippen MR) is 76.4 cm³/mol. The molecule has 2 N–H and O–H groups in total. The number of fused-ring (bicyclic) bond motifs is 1. The first-order chi connectivity index (χ1) is 9.36. The summed E-state index contributed by atoms with van der Waals surface area (Å²) >= 11 is 0. The topological polar surface area (TPSA) is 49.9 Å². The van der Waals surface area contributed by atoms with Crippen molar-refractivity contribution in [2.75, 3.05) is 12.4 Å². The average Bonchev–Trinajstić information content (AvgIpc) is 2.94. The zero-order valence-electron chi connectivity index (χ0n) is 10.7. The van der Waals surface area contributed by atoms with Crippen LogP contribution in [-0.4, -0.2) is 17.1 Å². The Balaban J connectivity index is 1.76. The second-order valence-electron chi connectivity index (χ2n) is 4.30. The summed E-state index contributed by atoms with van der Waals surface area (Å²) in [7, 11) is 1.61. The van der Waals surface area contributed by atoms with Crippen molar-refractivity contribution in [1.82, 2.24) is 9.97 Å². The van der Waals surface area contributed by atoms with E-state index in [1.807, 2.05) is 18.3 Å². The molecule has 0 amide bonds. The van der Waals surface area contributed by atoms with Gasteiger partial charge in [-0.05, 0) is 23.8 Å². The molecule has 0 aliphatic heterocycles. The zero-order chi connectivity index (χ0) is 13.1. The Morgan fingerprint density at radius 2 is 2.16 bits per heavy atom. The molecule has 0 aliphatic rings. The van der Waals surface area contributed by atoms with E-state index in [1.54, 1.807) is 13.3 Å². The van der Waals surface area contributed by atoms with Crippen LogP contribution in [0.2, 0.25) is 0 Å². The second-order valence-corrected chi connectivity index (χ2v) is 4.30. The molecule has 2 heterocycles. The van der Waals surface area contributed by atoms with Gasteiger partial charge in [0.1, 0.15) is 0 Å². The van der Waals surface area contributed by atoms with Gasteiger partial charge >= 0.3 is 0 Å². The predicted octanol–water partition coefficient (Wildman–Crippen LogP) is 3.18. The SMILES string of the molecule is COc1ccc(NCc2cccc3[nH]ccc23)cn1. The maximum atomic E-state index is 5.04. The van der Waals surface area contributed by atoms with E-state index < -0.39 is 0 Å². The number of rotatable bonds is 4. The summed E-state index contributed by atoms with van der Waals surface area (Å²) in [5, 5.41) is 4.61. The maximum Gasteiger partial charge on any atom is 0.213 e. The number of nitrogens with one attached hydrogen (secondary N) is 2. The molecular weight excluding hydrogens is 238 g/mol. The molecule has 0 fully saturated rings. The monoisotopic (exact) mass is 253 g/mol. The zero-order valence-corrected chi connectivity index (χ0v) is 10.7. The van der Waals surface area contributed by atoms with Crippen molar-refractivity contribution in [2.24, 2.45) is 0 Å². The third-order valence-corrected chi connectivity index (χ3v) is 3.11. The van der Waals surface area contributed by atoms with Crippen molar-refractivity contribution >= 4 is 16.6 Å². The molecule has 0 unspecified atom stereocenters. The van der Waals surface area contributed by atoms with Gasteiger partial charge in [-0.3, -0.25) is 0 Å². The van der Waals surface area contributed by atoms with Gasteiger partial charge in [-0.15, -0.1) is 0 Å². The lowest BCUT2D eigenvalue weighted by atomic mass is 10.1. The van der Waals surface area contributed by atoms with Crippen LogP contribution in [-0.2, 0) is 6.54 Å². The number of methoxy groups -OCH3 is 1. The van der Waals surface area contributed by atoms with E-state index >= 15 is 0 Å². The molecule has 19 heavy (non-hydrogen) atoms. The molecule has 0 atom stereocenters. The highest BCUT2D eigenvalue weighted by molar-refractivity contribution is 5.83. The summed E-state index contributed by atoms with van der Waals surface area (Å²) in [6.45, 7) is 0.767. The van der Waals surface area contributed by atoms with Gasteiger partial charge in [0.05, 0.1) is 19.0 Å². The number of nitrogens with zero attached hydrogens (tertiary/aromatic N) is 1. The highest BCUT2D eigenvalue weighted by Crippen LogP contribution is 2.19. The van der Waals surface area contributed by atoms with Gasteiger partial charge in [-0.25, -0.2) is 4.98 Å². The third kappa shape index (κ3) is 2.38. The fourth-order valence-electron chi connectivity index (χ4n) is 2.11. The molecule has 0 radical (unpaired) electrons. The highest BCUT2D eigenvalue weighted by atomic mass is 16.5. The molecule has 0 saturated heterocycles. The Morgan fingerprint density at radius 1 is 1.21 bits per heavy atom. The van der Waals surface area contributed by atoms with Gasteiger partial charge in [-0.2, -0.15) is 0 Å². The lowest BCUT2D eigenvalue weighted by Gasteiger charge is -2.08. The van der Waals surface area contributed by atoms with Gasteiger partial charge in [0, 0.05) is 29.7 Å². The van der Waals surface area contributed by atoms with Gasteiger partial charge in [0.15, 0.2) is 0 Å². The molecule has 3 rings (SSSR count). The van der Waals surface area contributed by atoms with Gasteiger partial charge in [0.2, 0.25) is 5.88 Å². The van der Waals surface area contributed by atoms with E-state index in [0.29, 0.717) is 5.88 Å². The van der Waals surface area contributed by atoms with Crippen molar-refractivity contribution < 1.29 is 4.74 Å². The Bertz CT molecular complexity index is 673. The number of ether oxygens (including phenoxy) is 1. The van der Waals surface area contributed by atoms with Gasteiger partial charge in [-0.1, -0.05) is 12.1 Å². The maximum absolute atomic E-state index is 5.04. The van der Waals surface area contributed by atoms with E-state index in [0.717, 1.165) is 17.7 Å². The normalized spacial score (nSPS) is 10.6. The molecule has 0 aliphatic carbocycles. The Kier molecular flexibility index (Phi) is 3.06. The molecule has 2 aromatic heterocycles. The fraction of sp³-hybridized carbons (Fsp3) is 0.133. The van der Waals surface area contributed by atoms with E-state index in [1.165, 1.54) is 10.9 Å². The van der Waals surface area contributed by atoms with Crippen LogP contribution >= 0.6 is 0 Å². The van der Waals surface area contributed by atoms with Crippen LogP contribution < -0.4 is 10.1 Å². The molecule has 0 saturated carbocycles. The number of benzene rings is 1. The first kappa shape index (κ1) is 11.6. The molecule has 1 aromatic carbocycles. The molecule has 0 spiro atoms. The van der Waals surface area contributed by atoms with Crippen LogP contribution in [0.3, 0.4) is 0 Å². The molecular formula is C15H15N3O. The summed E-state index contributed by atoms with van der Waals surface area (Å²) < 4.78 is 5.04. The standard InChI is InChI=1S/C15H15N3O/c1-19-15-6-5-12(10-18-15)17-9-11-3-2-4-14-13(11)7-8-16-14/h2-8,10,16-17H,9H2,1H3. The van der Waals surface area contributed by atoms with E-state index in [-0.39, 0.29) is 0 Å². The smallest absolute Gasteiger partial charge is 0.213 e. The van der Waals surface area contributed by atoms with Crippen LogP contribution in [0.4, 0.5) is 5.69 Å². The number of hydrogen-bond donors (Lipinski definition) is 2. The molecule has 96 valence electrons. The largest absolute Gasteiger partial charge is 0.481 e. The Hall–Kier alpha value is -2.49. The van der Waals surface area contributed by atoms with Gasteiger partial charge < -0.3 is 15.0 Å². The van der Waals surface area contributed by atoms with E-state index in [2.05, 4.69) is 39.6 Å². The van der Waals surface area contributed by atoms with Crippen LogP contribution in [0.5, 0.6) is 5.88 Å². The van der Waals surface area contributed by atoms with E-state index in [9.17, 15) is 0 Å². The summed E-state index contributed by atoms with van der Waals surface area (Å²) in [6.07, 6.45) is 3.74. The minimum atomic E-state index is 0.623. The highest BCUT2D eigenvalue weighted by Gasteiger charge is 2.01. The summed E-state index contributed by atoms with van der Waals surface area (Å²) in [6, 6.07) is 12.2. The first-order valence-corrected chi connectivity index (χ1v) is 6.16. The Labute approximate surface area is 111 Å². The number of aromatic amines is 1. The first-order valence-electron chi connectivity index (χ1n) is 6.16. The number of anilines is 1. The molecule has 4 nitrogen and oxygen atoms in total. The Morgan fingerprint density at radius 3 is 2.95 bits per heavy atom. The number of hydrogen-bond acceptors (Lipinski definition) is 3. The van der Waals surface area contributed by atoms with Crippen molar-refractivity contribution in [3.63, 3.8) is 0 Å². The minimum Gasteiger partial charge on any atom is -0.481 e. The van der Waals surface area contributed by atoms with Crippen molar-refractivity contribution in [1.29, 1.82) is 0 Å². The van der Waals surface area contributed by atoms with Gasteiger partial charge in [0.25, 0.3) is 0 Å². The fourth-order valence-corrected chi connectivity index (χ4v) is 2.11. The van der Waals surface area contributed by atoms with Crippen LogP contribution in [0.25, 0.3) is 10.9 Å². The van der Waals surface area contributed by atoms with Crippen LogP contribution in [0.15, 0.2) is 48.8 Å². The lowest BCUT2D eigenvalue weighted by Crippen LogP contribution is -2.00. The number of aromatic nitrogens is 2. The van der Waals surface area contributed by atoms with E-state index in [4.69, 9.17) is 4.74 Å². The van der Waals surface area contributed by atoms with Crippen LogP contribution in [0, 0.1) is 0 Å². The summed E-state index contributed by atoms with van der Waals surface area (Å²) in [5.74, 6) is 0.623. The number of pyridine rings is 1. The molecule has 4 heteroatoms. The third-order valence-electron chi connectivity index (χ3n) is 3.11. The average molecular weight is 253 g/mol. The second kappa shape index (κ2) is 5.02. The minimum absolute atomic E-state index is 0.623. The van der Waals surface area contributed by atoms with Crippen molar-refractivity contribution in [3.8, 4) is 5.88 Å². The summed E-state index contributed by atoms with van der Waals surface area (Å²) in [4.78, 5) is 7.39. The molecule has 0 bridgehead atoms. The van der Waals surface area contributed by atoms with Crippen LogP contribution in [0.1, 0.15) is 5.56 Å². The van der Waals surface area contributed by atoms with Crippen molar-refractivity contribution in [2.45, 2.75) is 6.54 Å². The molecule has 3 aromatic rings.